The van der Waals surface area contributed by atoms with E-state index < -0.39 is 0 Å². The fraction of sp³-hybridized carbons (Fsp3) is 0.625. The van der Waals surface area contributed by atoms with Gasteiger partial charge in [-0.2, -0.15) is 0 Å². The summed E-state index contributed by atoms with van der Waals surface area (Å²) in [5.41, 5.74) is 7.62. The van der Waals surface area contributed by atoms with E-state index >= 15 is 0 Å². The zero-order valence-corrected chi connectivity index (χ0v) is 11.8. The smallest absolute Gasteiger partial charge is 0.161 e. The van der Waals surface area contributed by atoms with E-state index in [1.54, 1.807) is 7.11 Å². The summed E-state index contributed by atoms with van der Waals surface area (Å²) in [6.45, 7) is 2.91. The second-order valence-corrected chi connectivity index (χ2v) is 6.06. The maximum absolute atomic E-state index is 6.15. The van der Waals surface area contributed by atoms with Gasteiger partial charge in [0.2, 0.25) is 0 Å². The lowest BCUT2D eigenvalue weighted by molar-refractivity contribution is 0.279. The summed E-state index contributed by atoms with van der Waals surface area (Å²) in [4.78, 5) is 0. The van der Waals surface area contributed by atoms with Crippen molar-refractivity contribution in [2.75, 3.05) is 13.7 Å². The minimum absolute atomic E-state index is 0.171. The van der Waals surface area contributed by atoms with Gasteiger partial charge in [-0.25, -0.2) is 0 Å². The van der Waals surface area contributed by atoms with Gasteiger partial charge in [-0.05, 0) is 56.2 Å². The highest BCUT2D eigenvalue weighted by Gasteiger charge is 2.47. The van der Waals surface area contributed by atoms with E-state index in [9.17, 15) is 0 Å². The molecule has 104 valence electrons. The van der Waals surface area contributed by atoms with E-state index in [2.05, 4.69) is 19.1 Å². The molecule has 0 saturated heterocycles. The fourth-order valence-corrected chi connectivity index (χ4v) is 2.73. The summed E-state index contributed by atoms with van der Waals surface area (Å²) in [5, 5.41) is 0. The van der Waals surface area contributed by atoms with Gasteiger partial charge in [-0.3, -0.25) is 0 Å². The van der Waals surface area contributed by atoms with E-state index in [4.69, 9.17) is 15.2 Å². The van der Waals surface area contributed by atoms with Crippen LogP contribution in [0.5, 0.6) is 11.5 Å². The molecule has 0 aliphatic heterocycles. The maximum atomic E-state index is 6.15. The van der Waals surface area contributed by atoms with Crippen LogP contribution >= 0.6 is 0 Å². The van der Waals surface area contributed by atoms with Crippen LogP contribution in [-0.2, 0) is 5.41 Å². The third kappa shape index (κ3) is 2.44. The Balaban J connectivity index is 1.83. The van der Waals surface area contributed by atoms with E-state index in [0.717, 1.165) is 24.0 Å². The van der Waals surface area contributed by atoms with Crippen molar-refractivity contribution in [1.82, 2.24) is 0 Å². The van der Waals surface area contributed by atoms with Crippen LogP contribution in [0, 0.1) is 5.92 Å². The third-order valence-electron chi connectivity index (χ3n) is 4.57. The standard InChI is InChI=1S/C16H23NO2/c1-11(17)16(7-8-16)13-5-6-14(18-2)15(9-13)19-10-12-3-4-12/h5-6,9,11-12H,3-4,7-8,10,17H2,1-2H3. The molecule has 2 aliphatic rings. The van der Waals surface area contributed by atoms with Crippen LogP contribution < -0.4 is 15.2 Å². The topological polar surface area (TPSA) is 44.5 Å². The molecule has 0 heterocycles. The minimum Gasteiger partial charge on any atom is -0.493 e. The first-order chi connectivity index (χ1) is 9.15. The molecule has 2 saturated carbocycles. The molecule has 0 radical (unpaired) electrons. The molecule has 3 rings (SSSR count). The number of rotatable bonds is 6. The minimum atomic E-state index is 0.171. The molecule has 1 atom stereocenters. The number of hydrogen-bond acceptors (Lipinski definition) is 3. The van der Waals surface area contributed by atoms with E-state index in [-0.39, 0.29) is 11.5 Å². The lowest BCUT2D eigenvalue weighted by Crippen LogP contribution is -2.31. The predicted molar refractivity (Wildman–Crippen MR) is 75.8 cm³/mol. The number of methoxy groups -OCH3 is 1. The molecule has 3 nitrogen and oxygen atoms in total. The SMILES string of the molecule is COc1ccc(C2(C(C)N)CC2)cc1OCC1CC1. The number of hydrogen-bond donors (Lipinski definition) is 1. The monoisotopic (exact) mass is 261 g/mol. The molecule has 3 heteroatoms. The molecule has 0 bridgehead atoms. The third-order valence-corrected chi connectivity index (χ3v) is 4.57. The molecule has 2 N–H and O–H groups in total. The molecule has 19 heavy (non-hydrogen) atoms. The van der Waals surface area contributed by atoms with Gasteiger partial charge in [0.05, 0.1) is 13.7 Å². The number of benzene rings is 1. The zero-order valence-electron chi connectivity index (χ0n) is 11.8. The van der Waals surface area contributed by atoms with Gasteiger partial charge in [0.15, 0.2) is 11.5 Å². The Labute approximate surface area is 115 Å². The van der Waals surface area contributed by atoms with Gasteiger partial charge in [0.25, 0.3) is 0 Å². The van der Waals surface area contributed by atoms with Crippen LogP contribution in [0.1, 0.15) is 38.2 Å². The Bertz CT molecular complexity index is 462. The quantitative estimate of drug-likeness (QED) is 0.856. The Morgan fingerprint density at radius 3 is 2.58 bits per heavy atom. The number of nitrogens with two attached hydrogens (primary N) is 1. The van der Waals surface area contributed by atoms with E-state index in [0.29, 0.717) is 0 Å². The van der Waals surface area contributed by atoms with Crippen molar-refractivity contribution in [3.05, 3.63) is 23.8 Å². The van der Waals surface area contributed by atoms with E-state index in [1.807, 2.05) is 6.07 Å². The van der Waals surface area contributed by atoms with Crippen molar-refractivity contribution in [3.8, 4) is 11.5 Å². The Hall–Kier alpha value is -1.22. The largest absolute Gasteiger partial charge is 0.493 e. The molecular formula is C16H23NO2. The van der Waals surface area contributed by atoms with Crippen molar-refractivity contribution in [3.63, 3.8) is 0 Å². The average Bonchev–Trinajstić information content (AvgIpc) is 3.29. The first-order valence-corrected chi connectivity index (χ1v) is 7.22. The first kappa shape index (κ1) is 12.8. The van der Waals surface area contributed by atoms with Gasteiger partial charge in [0.1, 0.15) is 0 Å². The summed E-state index contributed by atoms with van der Waals surface area (Å²) in [6, 6.07) is 6.48. The summed E-state index contributed by atoms with van der Waals surface area (Å²) in [6.07, 6.45) is 4.95. The lowest BCUT2D eigenvalue weighted by atomic mass is 9.89. The summed E-state index contributed by atoms with van der Waals surface area (Å²) in [5.74, 6) is 2.44. The van der Waals surface area contributed by atoms with Crippen LogP contribution in [0.25, 0.3) is 0 Å². The second-order valence-electron chi connectivity index (χ2n) is 6.06. The molecule has 0 spiro atoms. The normalized spacial score (nSPS) is 21.8. The van der Waals surface area contributed by atoms with Crippen LogP contribution in [0.3, 0.4) is 0 Å². The van der Waals surface area contributed by atoms with Gasteiger partial charge in [0, 0.05) is 11.5 Å². The van der Waals surface area contributed by atoms with Crippen LogP contribution in [0.2, 0.25) is 0 Å². The molecule has 1 aromatic carbocycles. The highest BCUT2D eigenvalue weighted by Crippen LogP contribution is 2.51. The lowest BCUT2D eigenvalue weighted by Gasteiger charge is -2.21. The summed E-state index contributed by atoms with van der Waals surface area (Å²) >= 11 is 0. The van der Waals surface area contributed by atoms with Crippen molar-refractivity contribution in [2.45, 2.75) is 44.1 Å². The predicted octanol–water partition coefficient (Wildman–Crippen LogP) is 2.86. The summed E-state index contributed by atoms with van der Waals surface area (Å²) < 4.78 is 11.3. The Kier molecular flexibility index (Phi) is 3.17. The maximum Gasteiger partial charge on any atom is 0.161 e. The van der Waals surface area contributed by atoms with Crippen molar-refractivity contribution in [2.24, 2.45) is 11.7 Å². The van der Waals surface area contributed by atoms with Gasteiger partial charge >= 0.3 is 0 Å². The Morgan fingerprint density at radius 1 is 1.32 bits per heavy atom. The van der Waals surface area contributed by atoms with Gasteiger partial charge in [-0.1, -0.05) is 6.07 Å². The first-order valence-electron chi connectivity index (χ1n) is 7.22. The highest BCUT2D eigenvalue weighted by molar-refractivity contribution is 5.47. The van der Waals surface area contributed by atoms with Crippen LogP contribution in [-0.4, -0.2) is 19.8 Å². The number of ether oxygens (including phenoxy) is 2. The average molecular weight is 261 g/mol. The summed E-state index contributed by atoms with van der Waals surface area (Å²) in [7, 11) is 1.69. The molecule has 2 fully saturated rings. The molecule has 2 aliphatic carbocycles. The molecule has 1 aromatic rings. The van der Waals surface area contributed by atoms with E-state index in [1.165, 1.54) is 31.2 Å². The zero-order chi connectivity index (χ0) is 13.5. The van der Waals surface area contributed by atoms with Crippen molar-refractivity contribution >= 4 is 0 Å². The van der Waals surface area contributed by atoms with Gasteiger partial charge < -0.3 is 15.2 Å². The molecule has 1 unspecified atom stereocenters. The molecule has 0 amide bonds. The molecule has 0 aromatic heterocycles. The van der Waals surface area contributed by atoms with Gasteiger partial charge in [-0.15, -0.1) is 0 Å². The van der Waals surface area contributed by atoms with Crippen molar-refractivity contribution < 1.29 is 9.47 Å². The second kappa shape index (κ2) is 4.71. The Morgan fingerprint density at radius 2 is 2.05 bits per heavy atom. The van der Waals surface area contributed by atoms with Crippen molar-refractivity contribution in [1.29, 1.82) is 0 Å². The van der Waals surface area contributed by atoms with Crippen LogP contribution in [0.15, 0.2) is 18.2 Å². The fourth-order valence-electron chi connectivity index (χ4n) is 2.73. The molecular weight excluding hydrogens is 238 g/mol. The highest BCUT2D eigenvalue weighted by atomic mass is 16.5. The van der Waals surface area contributed by atoms with Crippen LogP contribution in [0.4, 0.5) is 0 Å².